The van der Waals surface area contributed by atoms with E-state index >= 15 is 0 Å². The van der Waals surface area contributed by atoms with Gasteiger partial charge in [-0.05, 0) is 110 Å². The molecule has 4 aliphatic carbocycles. The number of nitrogens with zero attached hydrogens (tertiary/aromatic N) is 3. The highest BCUT2D eigenvalue weighted by molar-refractivity contribution is 5.10. The van der Waals surface area contributed by atoms with Gasteiger partial charge in [-0.2, -0.15) is 0 Å². The Balaban J connectivity index is 1.56. The molecule has 0 aliphatic heterocycles. The molecule has 146 valence electrons. The molecule has 0 aromatic rings. The standard InChI is InChI=1S/C23H39N3/c1-5-15(2)19-8-9-20-18-7-6-16-14-17(25-26-24)10-12-22(16,3)21(18)11-13-23(19,20)4/h15-21H,5-14H2,1-4H3/t15-,16-,17-,18+,19?,20+,21+,22+,23-/m1/s1. The summed E-state index contributed by atoms with van der Waals surface area (Å²) in [5.41, 5.74) is 9.97. The van der Waals surface area contributed by atoms with Gasteiger partial charge in [0.1, 0.15) is 0 Å². The van der Waals surface area contributed by atoms with Crippen LogP contribution in [-0.4, -0.2) is 6.04 Å². The van der Waals surface area contributed by atoms with Crippen molar-refractivity contribution >= 4 is 0 Å². The fourth-order valence-corrected chi connectivity index (χ4v) is 8.67. The Morgan fingerprint density at radius 3 is 2.46 bits per heavy atom. The highest BCUT2D eigenvalue weighted by atomic mass is 15.1. The summed E-state index contributed by atoms with van der Waals surface area (Å²) >= 11 is 0. The van der Waals surface area contributed by atoms with E-state index in [4.69, 9.17) is 5.53 Å². The summed E-state index contributed by atoms with van der Waals surface area (Å²) in [7, 11) is 0. The minimum atomic E-state index is 0.268. The van der Waals surface area contributed by atoms with Crippen LogP contribution in [0.1, 0.15) is 91.9 Å². The lowest BCUT2D eigenvalue weighted by Crippen LogP contribution is -2.54. The molecular weight excluding hydrogens is 318 g/mol. The van der Waals surface area contributed by atoms with E-state index in [1.54, 1.807) is 0 Å². The van der Waals surface area contributed by atoms with Gasteiger partial charge in [0, 0.05) is 11.0 Å². The van der Waals surface area contributed by atoms with Gasteiger partial charge in [-0.25, -0.2) is 0 Å². The Morgan fingerprint density at radius 1 is 1.00 bits per heavy atom. The second kappa shape index (κ2) is 6.73. The zero-order valence-corrected chi connectivity index (χ0v) is 17.5. The van der Waals surface area contributed by atoms with E-state index in [1.165, 1.54) is 51.4 Å². The van der Waals surface area contributed by atoms with Crippen LogP contribution in [0.3, 0.4) is 0 Å². The summed E-state index contributed by atoms with van der Waals surface area (Å²) in [6, 6.07) is 0.268. The van der Waals surface area contributed by atoms with Gasteiger partial charge in [0.15, 0.2) is 0 Å². The summed E-state index contributed by atoms with van der Waals surface area (Å²) in [6.45, 7) is 10.2. The topological polar surface area (TPSA) is 48.8 Å². The predicted molar refractivity (Wildman–Crippen MR) is 108 cm³/mol. The predicted octanol–water partition coefficient (Wildman–Crippen LogP) is 7.37. The average molecular weight is 358 g/mol. The molecule has 0 saturated heterocycles. The third-order valence-corrected chi connectivity index (χ3v) is 10.3. The minimum Gasteiger partial charge on any atom is -0.0906 e. The van der Waals surface area contributed by atoms with Crippen LogP contribution in [0.2, 0.25) is 0 Å². The van der Waals surface area contributed by atoms with Gasteiger partial charge >= 0.3 is 0 Å². The number of rotatable bonds is 3. The van der Waals surface area contributed by atoms with E-state index in [-0.39, 0.29) is 6.04 Å². The summed E-state index contributed by atoms with van der Waals surface area (Å²) in [4.78, 5) is 3.11. The molecule has 3 heteroatoms. The first kappa shape index (κ1) is 18.7. The van der Waals surface area contributed by atoms with Crippen molar-refractivity contribution in [3.8, 4) is 0 Å². The van der Waals surface area contributed by atoms with E-state index in [0.29, 0.717) is 10.8 Å². The molecular formula is C23H39N3. The fraction of sp³-hybridized carbons (Fsp3) is 1.00. The van der Waals surface area contributed by atoms with Gasteiger partial charge in [-0.3, -0.25) is 0 Å². The Morgan fingerprint density at radius 2 is 1.73 bits per heavy atom. The van der Waals surface area contributed by atoms with Crippen molar-refractivity contribution in [3.63, 3.8) is 0 Å². The molecule has 0 aromatic carbocycles. The minimum absolute atomic E-state index is 0.268. The molecule has 0 bridgehead atoms. The van der Waals surface area contributed by atoms with Gasteiger partial charge in [0.2, 0.25) is 0 Å². The molecule has 3 nitrogen and oxygen atoms in total. The van der Waals surface area contributed by atoms with Gasteiger partial charge in [0.05, 0.1) is 0 Å². The summed E-state index contributed by atoms with van der Waals surface area (Å²) in [6.07, 6.45) is 13.7. The molecule has 26 heavy (non-hydrogen) atoms. The molecule has 0 heterocycles. The normalized spacial score (nSPS) is 51.5. The lowest BCUT2D eigenvalue weighted by Gasteiger charge is -2.61. The maximum absolute atomic E-state index is 8.85. The van der Waals surface area contributed by atoms with Crippen LogP contribution in [0.4, 0.5) is 0 Å². The number of azide groups is 1. The second-order valence-electron chi connectivity index (χ2n) is 10.9. The quantitative estimate of drug-likeness (QED) is 0.287. The summed E-state index contributed by atoms with van der Waals surface area (Å²) in [5, 5.41) is 4.09. The first-order chi connectivity index (χ1) is 12.4. The van der Waals surface area contributed by atoms with Gasteiger partial charge in [0.25, 0.3) is 0 Å². The molecule has 4 saturated carbocycles. The summed E-state index contributed by atoms with van der Waals surface area (Å²) in [5.74, 6) is 5.54. The average Bonchev–Trinajstić information content (AvgIpc) is 2.99. The maximum Gasteiger partial charge on any atom is 0.0377 e. The van der Waals surface area contributed by atoms with Crippen LogP contribution in [0.25, 0.3) is 10.4 Å². The molecule has 0 aromatic heterocycles. The number of hydrogen-bond donors (Lipinski definition) is 0. The van der Waals surface area contributed by atoms with E-state index in [9.17, 15) is 0 Å². The second-order valence-corrected chi connectivity index (χ2v) is 10.9. The third-order valence-electron chi connectivity index (χ3n) is 10.3. The van der Waals surface area contributed by atoms with Crippen LogP contribution in [-0.2, 0) is 0 Å². The monoisotopic (exact) mass is 357 g/mol. The molecule has 0 spiro atoms. The van der Waals surface area contributed by atoms with Crippen molar-refractivity contribution in [1.82, 2.24) is 0 Å². The lowest BCUT2D eigenvalue weighted by atomic mass is 9.44. The van der Waals surface area contributed by atoms with Crippen molar-refractivity contribution < 1.29 is 0 Å². The Kier molecular flexibility index (Phi) is 4.83. The lowest BCUT2D eigenvalue weighted by molar-refractivity contribution is -0.116. The summed E-state index contributed by atoms with van der Waals surface area (Å²) < 4.78 is 0. The highest BCUT2D eigenvalue weighted by Crippen LogP contribution is 2.68. The largest absolute Gasteiger partial charge is 0.0906 e. The molecule has 0 radical (unpaired) electrons. The number of fused-ring (bicyclic) bond motifs is 5. The van der Waals surface area contributed by atoms with E-state index in [0.717, 1.165) is 48.3 Å². The van der Waals surface area contributed by atoms with Crippen molar-refractivity contribution in [2.24, 2.45) is 51.5 Å². The smallest absolute Gasteiger partial charge is 0.0377 e. The van der Waals surface area contributed by atoms with E-state index in [1.807, 2.05) is 0 Å². The zero-order valence-electron chi connectivity index (χ0n) is 17.5. The Labute approximate surface area is 160 Å². The van der Waals surface area contributed by atoms with Gasteiger partial charge in [-0.1, -0.05) is 39.2 Å². The van der Waals surface area contributed by atoms with Crippen LogP contribution in [0, 0.1) is 46.3 Å². The first-order valence-corrected chi connectivity index (χ1v) is 11.5. The van der Waals surface area contributed by atoms with Crippen molar-refractivity contribution in [2.45, 2.75) is 97.9 Å². The van der Waals surface area contributed by atoms with Crippen LogP contribution in [0.5, 0.6) is 0 Å². The molecule has 1 unspecified atom stereocenters. The van der Waals surface area contributed by atoms with Crippen LogP contribution < -0.4 is 0 Å². The van der Waals surface area contributed by atoms with E-state index < -0.39 is 0 Å². The third kappa shape index (κ3) is 2.64. The molecule has 4 rings (SSSR count). The molecule has 0 N–H and O–H groups in total. The van der Waals surface area contributed by atoms with Crippen molar-refractivity contribution in [3.05, 3.63) is 10.4 Å². The van der Waals surface area contributed by atoms with Crippen molar-refractivity contribution in [1.29, 1.82) is 0 Å². The fourth-order valence-electron chi connectivity index (χ4n) is 8.67. The van der Waals surface area contributed by atoms with Crippen LogP contribution >= 0.6 is 0 Å². The van der Waals surface area contributed by atoms with Gasteiger partial charge in [-0.15, -0.1) is 0 Å². The molecule has 0 amide bonds. The first-order valence-electron chi connectivity index (χ1n) is 11.5. The van der Waals surface area contributed by atoms with Crippen LogP contribution in [0.15, 0.2) is 5.11 Å². The van der Waals surface area contributed by atoms with Gasteiger partial charge < -0.3 is 0 Å². The SMILES string of the molecule is CC[C@@H](C)C1CC[C@H]2[C@@H]3CC[C@@H]4C[C@H](N=[N+]=[N-])CC[C@]4(C)[C@H]3CC[C@]12C. The Bertz CT molecular complexity index is 582. The van der Waals surface area contributed by atoms with Crippen molar-refractivity contribution in [2.75, 3.05) is 0 Å². The van der Waals surface area contributed by atoms with E-state index in [2.05, 4.69) is 37.7 Å². The molecule has 4 aliphatic rings. The number of hydrogen-bond acceptors (Lipinski definition) is 1. The maximum atomic E-state index is 8.85. The Hall–Kier alpha value is -0.690. The molecule has 4 fully saturated rings. The highest BCUT2D eigenvalue weighted by Gasteiger charge is 2.60. The molecule has 9 atom stereocenters. The zero-order chi connectivity index (χ0) is 18.5.